The van der Waals surface area contributed by atoms with Crippen molar-refractivity contribution < 1.29 is 0 Å². The number of rotatable bonds is 9. The number of nitrogens with zero attached hydrogens (tertiary/aromatic N) is 2. The minimum absolute atomic E-state index is 0.398. The Morgan fingerprint density at radius 2 is 1.63 bits per heavy atom. The van der Waals surface area contributed by atoms with Gasteiger partial charge in [-0.3, -0.25) is 0 Å². The Bertz CT molecular complexity index is 366. The molecule has 1 aromatic heterocycles. The third-order valence-corrected chi connectivity index (χ3v) is 3.73. The lowest BCUT2D eigenvalue weighted by atomic mass is 10.1. The van der Waals surface area contributed by atoms with Gasteiger partial charge in [0.15, 0.2) is 0 Å². The second-order valence-electron chi connectivity index (χ2n) is 5.83. The Kier molecular flexibility index (Phi) is 6.96. The van der Waals surface area contributed by atoms with Crippen LogP contribution in [0.25, 0.3) is 0 Å². The molecule has 0 bridgehead atoms. The van der Waals surface area contributed by atoms with Gasteiger partial charge in [0.1, 0.15) is 11.6 Å². The van der Waals surface area contributed by atoms with Crippen LogP contribution in [0.3, 0.4) is 0 Å². The average molecular weight is 265 g/mol. The van der Waals surface area contributed by atoms with Crippen molar-refractivity contribution >= 4 is 5.82 Å². The molecule has 1 aromatic rings. The van der Waals surface area contributed by atoms with Crippen molar-refractivity contribution in [2.45, 2.75) is 85.1 Å². The van der Waals surface area contributed by atoms with E-state index in [4.69, 9.17) is 5.73 Å². The molecule has 0 fully saturated rings. The molecule has 3 heteroatoms. The smallest absolute Gasteiger partial charge is 0.127 e. The molecule has 3 nitrogen and oxygen atoms in total. The maximum absolute atomic E-state index is 6.19. The molecule has 0 unspecified atom stereocenters. The Morgan fingerprint density at radius 3 is 2.16 bits per heavy atom. The number of aryl methyl sites for hydroxylation is 2. The second kappa shape index (κ2) is 8.23. The SMILES string of the molecule is CCCCCCCCCc1nc(C)n(C(C)C)c1N. The number of nitrogens with two attached hydrogens (primary N) is 1. The number of aromatic nitrogens is 2. The summed E-state index contributed by atoms with van der Waals surface area (Å²) in [4.78, 5) is 4.62. The maximum Gasteiger partial charge on any atom is 0.127 e. The summed E-state index contributed by atoms with van der Waals surface area (Å²) >= 11 is 0. The minimum Gasteiger partial charge on any atom is -0.384 e. The lowest BCUT2D eigenvalue weighted by molar-refractivity contribution is 0.586. The first-order valence-corrected chi connectivity index (χ1v) is 7.91. The van der Waals surface area contributed by atoms with Gasteiger partial charge in [0.2, 0.25) is 0 Å². The molecule has 0 aliphatic rings. The molecular weight excluding hydrogens is 234 g/mol. The molecule has 0 saturated carbocycles. The molecule has 2 N–H and O–H groups in total. The zero-order chi connectivity index (χ0) is 14.3. The van der Waals surface area contributed by atoms with Gasteiger partial charge in [0, 0.05) is 6.04 Å². The van der Waals surface area contributed by atoms with Gasteiger partial charge in [0.05, 0.1) is 5.69 Å². The molecule has 1 rings (SSSR count). The van der Waals surface area contributed by atoms with E-state index < -0.39 is 0 Å². The van der Waals surface area contributed by atoms with Crippen LogP contribution in [0.1, 0.15) is 83.3 Å². The van der Waals surface area contributed by atoms with E-state index in [0.717, 1.165) is 23.8 Å². The van der Waals surface area contributed by atoms with Gasteiger partial charge in [0.25, 0.3) is 0 Å². The first kappa shape index (κ1) is 16.1. The minimum atomic E-state index is 0.398. The zero-order valence-electron chi connectivity index (χ0n) is 13.2. The summed E-state index contributed by atoms with van der Waals surface area (Å²) in [5.41, 5.74) is 7.28. The summed E-state index contributed by atoms with van der Waals surface area (Å²) in [6, 6.07) is 0.398. The Labute approximate surface area is 118 Å². The molecule has 0 amide bonds. The summed E-state index contributed by atoms with van der Waals surface area (Å²) < 4.78 is 2.14. The van der Waals surface area contributed by atoms with E-state index in [1.165, 1.54) is 44.9 Å². The van der Waals surface area contributed by atoms with Crippen LogP contribution in [0.2, 0.25) is 0 Å². The number of unbranched alkanes of at least 4 members (excludes halogenated alkanes) is 6. The average Bonchev–Trinajstić information content (AvgIpc) is 2.63. The van der Waals surface area contributed by atoms with E-state index in [1.807, 2.05) is 6.92 Å². The van der Waals surface area contributed by atoms with E-state index in [1.54, 1.807) is 0 Å². The topological polar surface area (TPSA) is 43.8 Å². The highest BCUT2D eigenvalue weighted by Gasteiger charge is 2.13. The summed E-state index contributed by atoms with van der Waals surface area (Å²) in [6.07, 6.45) is 10.4. The Hall–Kier alpha value is -0.990. The van der Waals surface area contributed by atoms with Crippen LogP contribution < -0.4 is 5.73 Å². The monoisotopic (exact) mass is 265 g/mol. The fourth-order valence-electron chi connectivity index (χ4n) is 2.71. The van der Waals surface area contributed by atoms with Gasteiger partial charge in [-0.1, -0.05) is 45.4 Å². The highest BCUT2D eigenvalue weighted by molar-refractivity contribution is 5.38. The van der Waals surface area contributed by atoms with Crippen molar-refractivity contribution in [3.05, 3.63) is 11.5 Å². The predicted octanol–water partition coefficient (Wildman–Crippen LogP) is 4.65. The lowest BCUT2D eigenvalue weighted by Crippen LogP contribution is -2.07. The van der Waals surface area contributed by atoms with Crippen LogP contribution in [-0.2, 0) is 6.42 Å². The largest absolute Gasteiger partial charge is 0.384 e. The first-order chi connectivity index (χ1) is 9.07. The summed E-state index contributed by atoms with van der Waals surface area (Å²) in [5.74, 6) is 1.92. The highest BCUT2D eigenvalue weighted by atomic mass is 15.2. The third-order valence-electron chi connectivity index (χ3n) is 3.73. The molecule has 1 heterocycles. The number of imidazole rings is 1. The molecule has 0 aromatic carbocycles. The van der Waals surface area contributed by atoms with E-state index in [0.29, 0.717) is 6.04 Å². The van der Waals surface area contributed by atoms with Gasteiger partial charge in [-0.25, -0.2) is 4.98 Å². The standard InChI is InChI=1S/C16H31N3/c1-5-6-7-8-9-10-11-12-15-16(17)19(13(2)3)14(4)18-15/h13H,5-12,17H2,1-4H3. The van der Waals surface area contributed by atoms with Crippen molar-refractivity contribution in [3.63, 3.8) is 0 Å². The fourth-order valence-corrected chi connectivity index (χ4v) is 2.71. The van der Waals surface area contributed by atoms with Crippen molar-refractivity contribution in [3.8, 4) is 0 Å². The third kappa shape index (κ3) is 4.88. The molecule has 0 aliphatic heterocycles. The number of anilines is 1. The maximum atomic E-state index is 6.19. The molecule has 0 atom stereocenters. The van der Waals surface area contributed by atoms with Crippen molar-refractivity contribution in [1.29, 1.82) is 0 Å². The van der Waals surface area contributed by atoms with Gasteiger partial charge in [-0.05, 0) is 33.6 Å². The molecule has 0 saturated heterocycles. The van der Waals surface area contributed by atoms with Crippen LogP contribution in [0.5, 0.6) is 0 Å². The van der Waals surface area contributed by atoms with E-state index >= 15 is 0 Å². The van der Waals surface area contributed by atoms with Gasteiger partial charge < -0.3 is 10.3 Å². The van der Waals surface area contributed by atoms with Gasteiger partial charge >= 0.3 is 0 Å². The Morgan fingerprint density at radius 1 is 1.05 bits per heavy atom. The zero-order valence-corrected chi connectivity index (χ0v) is 13.2. The number of hydrogen-bond donors (Lipinski definition) is 1. The number of nitrogen functional groups attached to an aromatic ring is 1. The van der Waals surface area contributed by atoms with Crippen LogP contribution in [0.4, 0.5) is 5.82 Å². The molecule has 0 spiro atoms. The van der Waals surface area contributed by atoms with Crippen LogP contribution in [0, 0.1) is 6.92 Å². The van der Waals surface area contributed by atoms with Crippen molar-refractivity contribution in [2.24, 2.45) is 0 Å². The molecule has 0 aliphatic carbocycles. The van der Waals surface area contributed by atoms with Crippen LogP contribution >= 0.6 is 0 Å². The fraction of sp³-hybridized carbons (Fsp3) is 0.812. The van der Waals surface area contributed by atoms with Crippen molar-refractivity contribution in [1.82, 2.24) is 9.55 Å². The lowest BCUT2D eigenvalue weighted by Gasteiger charge is -2.11. The van der Waals surface area contributed by atoms with E-state index in [2.05, 4.69) is 30.3 Å². The molecule has 0 radical (unpaired) electrons. The second-order valence-corrected chi connectivity index (χ2v) is 5.83. The summed E-state index contributed by atoms with van der Waals surface area (Å²) in [6.45, 7) is 8.62. The van der Waals surface area contributed by atoms with Crippen LogP contribution in [0.15, 0.2) is 0 Å². The summed E-state index contributed by atoms with van der Waals surface area (Å²) in [5, 5.41) is 0. The predicted molar refractivity (Wildman–Crippen MR) is 83.5 cm³/mol. The highest BCUT2D eigenvalue weighted by Crippen LogP contribution is 2.21. The molecular formula is C16H31N3. The summed E-state index contributed by atoms with van der Waals surface area (Å²) in [7, 11) is 0. The van der Waals surface area contributed by atoms with Crippen molar-refractivity contribution in [2.75, 3.05) is 5.73 Å². The quantitative estimate of drug-likeness (QED) is 0.661. The Balaban J connectivity index is 2.32. The van der Waals surface area contributed by atoms with E-state index in [9.17, 15) is 0 Å². The molecule has 19 heavy (non-hydrogen) atoms. The van der Waals surface area contributed by atoms with E-state index in [-0.39, 0.29) is 0 Å². The van der Waals surface area contributed by atoms with Crippen LogP contribution in [-0.4, -0.2) is 9.55 Å². The van der Waals surface area contributed by atoms with Gasteiger partial charge in [-0.2, -0.15) is 0 Å². The molecule has 110 valence electrons. The first-order valence-electron chi connectivity index (χ1n) is 7.91. The number of hydrogen-bond acceptors (Lipinski definition) is 2. The van der Waals surface area contributed by atoms with Gasteiger partial charge in [-0.15, -0.1) is 0 Å². The normalized spacial score (nSPS) is 11.4.